The van der Waals surface area contributed by atoms with Crippen LogP contribution in [-0.4, -0.2) is 110 Å². The standard InChI is InChI=1S/C47H47N7O10/c55-37-14-13-36(43(57)52-37)54-44(58)33-4-2-5-34(40(33)47(54)61)49-18-20-63-22-24-64-23-21-62-19-17-48-26-30-15-16-50-41-32(30)3-1-6-35(41)51-42(56)27-9-11-31(12-10-27)53-45(59)38-28-7-8-29(25-28)39(38)46(53)60/h1-12,15-16,28-29,36,38-39,48-49H,13-14,17-26H2,(H,51,56)(H,52,55,57)/t28-,29?,36?,38-,39+/m0/s1. The van der Waals surface area contributed by atoms with Crippen molar-refractivity contribution in [1.82, 2.24) is 20.5 Å². The number of carbonyl (C=O) groups excluding carboxylic acids is 7. The Bertz CT molecular complexity index is 2530. The maximum Gasteiger partial charge on any atom is 0.264 e. The number of rotatable bonds is 19. The van der Waals surface area contributed by atoms with Crippen molar-refractivity contribution in [2.75, 3.05) is 68.3 Å². The average molecular weight is 870 g/mol. The molecule has 0 spiro atoms. The van der Waals surface area contributed by atoms with Gasteiger partial charge in [0.05, 0.1) is 79.5 Å². The van der Waals surface area contributed by atoms with Gasteiger partial charge in [0.1, 0.15) is 6.04 Å². The molecule has 5 atom stereocenters. The zero-order chi connectivity index (χ0) is 44.3. The summed E-state index contributed by atoms with van der Waals surface area (Å²) in [7, 11) is 0. The smallest absolute Gasteiger partial charge is 0.264 e. The van der Waals surface area contributed by atoms with Gasteiger partial charge in [-0.05, 0) is 78.8 Å². The first-order valence-corrected chi connectivity index (χ1v) is 21.6. The van der Waals surface area contributed by atoms with E-state index in [4.69, 9.17) is 14.2 Å². The van der Waals surface area contributed by atoms with E-state index in [1.165, 1.54) is 4.90 Å². The van der Waals surface area contributed by atoms with Crippen molar-refractivity contribution in [1.29, 1.82) is 0 Å². The zero-order valence-corrected chi connectivity index (χ0v) is 34.9. The predicted octanol–water partition coefficient (Wildman–Crippen LogP) is 3.45. The Balaban J connectivity index is 0.650. The summed E-state index contributed by atoms with van der Waals surface area (Å²) in [5, 5.41) is 12.6. The van der Waals surface area contributed by atoms with Crippen LogP contribution in [-0.2, 0) is 39.9 Å². The highest BCUT2D eigenvalue weighted by Crippen LogP contribution is 2.53. The van der Waals surface area contributed by atoms with Crippen LogP contribution in [0.5, 0.6) is 0 Å². The lowest BCUT2D eigenvalue weighted by atomic mass is 9.85. The normalized spacial score (nSPS) is 22.2. The summed E-state index contributed by atoms with van der Waals surface area (Å²) in [6.07, 6.45) is 6.86. The van der Waals surface area contributed by atoms with Gasteiger partial charge in [0.25, 0.3) is 17.7 Å². The molecule has 2 aliphatic carbocycles. The number of piperidine rings is 1. The van der Waals surface area contributed by atoms with Crippen molar-refractivity contribution >= 4 is 69.3 Å². The van der Waals surface area contributed by atoms with E-state index in [0.29, 0.717) is 87.4 Å². The fourth-order valence-corrected chi connectivity index (χ4v) is 9.43. The number of anilines is 3. The number of fused-ring (bicyclic) bond motifs is 7. The zero-order valence-electron chi connectivity index (χ0n) is 34.9. The molecular formula is C47H47N7O10. The van der Waals surface area contributed by atoms with E-state index >= 15 is 0 Å². The number of nitrogens with one attached hydrogen (secondary N) is 4. The molecule has 330 valence electrons. The van der Waals surface area contributed by atoms with E-state index in [-0.39, 0.29) is 65.4 Å². The van der Waals surface area contributed by atoms with Crippen molar-refractivity contribution in [2.45, 2.75) is 31.8 Å². The Labute approximate surface area is 367 Å². The van der Waals surface area contributed by atoms with Gasteiger partial charge in [-0.15, -0.1) is 0 Å². The number of aromatic nitrogens is 1. The Kier molecular flexibility index (Phi) is 12.4. The molecule has 1 saturated carbocycles. The molecule has 0 radical (unpaired) electrons. The number of ether oxygens (including phenoxy) is 3. The Morgan fingerprint density at radius 1 is 0.750 bits per heavy atom. The summed E-state index contributed by atoms with van der Waals surface area (Å²) in [5.74, 6) is -3.16. The van der Waals surface area contributed by atoms with Gasteiger partial charge in [0.15, 0.2) is 0 Å². The van der Waals surface area contributed by atoms with Gasteiger partial charge in [0, 0.05) is 48.9 Å². The van der Waals surface area contributed by atoms with Crippen molar-refractivity contribution < 1.29 is 47.8 Å². The second-order valence-corrected chi connectivity index (χ2v) is 16.3. The Morgan fingerprint density at radius 2 is 1.42 bits per heavy atom. The summed E-state index contributed by atoms with van der Waals surface area (Å²) in [6.45, 7) is 3.81. The van der Waals surface area contributed by atoms with Gasteiger partial charge in [-0.1, -0.05) is 30.4 Å². The molecule has 3 aliphatic heterocycles. The molecule has 2 bridgehead atoms. The number of benzene rings is 3. The van der Waals surface area contributed by atoms with E-state index in [0.717, 1.165) is 22.3 Å². The quantitative estimate of drug-likeness (QED) is 0.0605. The first-order valence-electron chi connectivity index (χ1n) is 21.6. The molecule has 64 heavy (non-hydrogen) atoms. The number of nitrogens with zero attached hydrogens (tertiary/aromatic N) is 3. The molecule has 4 heterocycles. The maximum atomic E-state index is 13.3. The molecule has 9 rings (SSSR count). The Morgan fingerprint density at radius 3 is 2.14 bits per heavy atom. The van der Waals surface area contributed by atoms with E-state index in [2.05, 4.69) is 38.4 Å². The molecule has 1 aromatic heterocycles. The van der Waals surface area contributed by atoms with Crippen LogP contribution in [0.3, 0.4) is 0 Å². The average Bonchev–Trinajstić information content (AvgIpc) is 4.05. The van der Waals surface area contributed by atoms with Gasteiger partial charge in [-0.2, -0.15) is 0 Å². The molecule has 4 N–H and O–H groups in total. The van der Waals surface area contributed by atoms with Crippen molar-refractivity contribution in [3.63, 3.8) is 0 Å². The van der Waals surface area contributed by atoms with Gasteiger partial charge in [0.2, 0.25) is 23.6 Å². The second-order valence-electron chi connectivity index (χ2n) is 16.3. The number of imide groups is 3. The molecule has 2 unspecified atom stereocenters. The van der Waals surface area contributed by atoms with Crippen LogP contribution < -0.4 is 26.2 Å². The number of amides is 7. The Hall–Kier alpha value is -6.66. The minimum Gasteiger partial charge on any atom is -0.382 e. The van der Waals surface area contributed by atoms with Crippen LogP contribution in [0.25, 0.3) is 10.9 Å². The van der Waals surface area contributed by atoms with E-state index in [1.54, 1.807) is 54.7 Å². The highest BCUT2D eigenvalue weighted by atomic mass is 16.5. The molecule has 7 amide bonds. The highest BCUT2D eigenvalue weighted by Gasteiger charge is 2.59. The lowest BCUT2D eigenvalue weighted by Crippen LogP contribution is -2.54. The fraction of sp³-hybridized carbons (Fsp3) is 0.362. The highest BCUT2D eigenvalue weighted by molar-refractivity contribution is 6.26. The van der Waals surface area contributed by atoms with Crippen LogP contribution >= 0.6 is 0 Å². The number of pyridine rings is 1. The van der Waals surface area contributed by atoms with Crippen LogP contribution in [0.4, 0.5) is 17.1 Å². The topological polar surface area (TPSA) is 215 Å². The number of hydrogen-bond acceptors (Lipinski definition) is 13. The first-order chi connectivity index (χ1) is 31.2. The van der Waals surface area contributed by atoms with Gasteiger partial charge in [-0.25, -0.2) is 0 Å². The molecule has 3 fully saturated rings. The van der Waals surface area contributed by atoms with Crippen molar-refractivity contribution in [2.24, 2.45) is 23.7 Å². The number of hydrogen-bond donors (Lipinski definition) is 4. The largest absolute Gasteiger partial charge is 0.382 e. The van der Waals surface area contributed by atoms with Gasteiger partial charge in [-0.3, -0.25) is 53.7 Å². The molecule has 17 nitrogen and oxygen atoms in total. The van der Waals surface area contributed by atoms with Gasteiger partial charge >= 0.3 is 0 Å². The van der Waals surface area contributed by atoms with E-state index in [1.807, 2.05) is 18.2 Å². The SMILES string of the molecule is O=C1CCC(N2C(=O)c3cccc(NCCOCCOCCOCCNCc4ccnc5c(NC(=O)c6ccc(N7C(=O)[C@@H]8[C@H](C7=O)C7C=C[C@H]8C7)cc6)cccc45)c3C2=O)C(=O)N1. The summed E-state index contributed by atoms with van der Waals surface area (Å²) in [5.41, 5.74) is 3.95. The predicted molar refractivity (Wildman–Crippen MR) is 232 cm³/mol. The summed E-state index contributed by atoms with van der Waals surface area (Å²) in [6, 6.07) is 18.0. The van der Waals surface area contributed by atoms with Gasteiger partial charge < -0.3 is 30.2 Å². The lowest BCUT2D eigenvalue weighted by molar-refractivity contribution is -0.136. The molecule has 3 aromatic carbocycles. The third-order valence-electron chi connectivity index (χ3n) is 12.5. The monoisotopic (exact) mass is 869 g/mol. The summed E-state index contributed by atoms with van der Waals surface area (Å²) in [4.78, 5) is 96.8. The van der Waals surface area contributed by atoms with Crippen LogP contribution in [0.15, 0.2) is 85.1 Å². The number of para-hydroxylation sites is 1. The summed E-state index contributed by atoms with van der Waals surface area (Å²) >= 11 is 0. The third kappa shape index (κ3) is 8.30. The molecule has 4 aromatic rings. The minimum atomic E-state index is -1.03. The van der Waals surface area contributed by atoms with Crippen LogP contribution in [0.2, 0.25) is 0 Å². The minimum absolute atomic E-state index is 0.0540. The van der Waals surface area contributed by atoms with Crippen molar-refractivity contribution in [3.8, 4) is 0 Å². The lowest BCUT2D eigenvalue weighted by Gasteiger charge is -2.27. The maximum absolute atomic E-state index is 13.3. The first kappa shape index (κ1) is 42.6. The molecular weight excluding hydrogens is 823 g/mol. The number of carbonyl (C=O) groups is 7. The van der Waals surface area contributed by atoms with Crippen LogP contribution in [0.1, 0.15) is 55.9 Å². The van der Waals surface area contributed by atoms with Crippen molar-refractivity contribution in [3.05, 3.63) is 107 Å². The molecule has 5 aliphatic rings. The molecule has 2 saturated heterocycles. The second kappa shape index (κ2) is 18.6. The number of allylic oxidation sites excluding steroid dienone is 2. The summed E-state index contributed by atoms with van der Waals surface area (Å²) < 4.78 is 17.0. The van der Waals surface area contributed by atoms with E-state index < -0.39 is 29.7 Å². The fourth-order valence-electron chi connectivity index (χ4n) is 9.43. The third-order valence-corrected chi connectivity index (χ3v) is 12.5. The molecule has 17 heteroatoms. The van der Waals surface area contributed by atoms with E-state index in [9.17, 15) is 33.6 Å². The van der Waals surface area contributed by atoms with Crippen LogP contribution in [0, 0.1) is 23.7 Å².